The third-order valence-corrected chi connectivity index (χ3v) is 3.25. The van der Waals surface area contributed by atoms with Crippen molar-refractivity contribution in [2.24, 2.45) is 5.73 Å². The molecule has 0 aliphatic rings. The number of hydrogen-bond donors (Lipinski definition) is 1. The van der Waals surface area contributed by atoms with E-state index in [-0.39, 0.29) is 6.04 Å². The molecule has 0 radical (unpaired) electrons. The van der Waals surface area contributed by atoms with Gasteiger partial charge in [0, 0.05) is 6.54 Å². The number of methoxy groups -OCH3 is 1. The summed E-state index contributed by atoms with van der Waals surface area (Å²) in [5.41, 5.74) is 9.78. The summed E-state index contributed by atoms with van der Waals surface area (Å²) < 4.78 is 7.25. The summed E-state index contributed by atoms with van der Waals surface area (Å²) in [4.78, 5) is 0. The van der Waals surface area contributed by atoms with Crippen LogP contribution in [0, 0.1) is 6.92 Å². The van der Waals surface area contributed by atoms with E-state index in [4.69, 9.17) is 10.5 Å². The summed E-state index contributed by atoms with van der Waals surface area (Å²) in [6.45, 7) is 4.93. The third-order valence-electron chi connectivity index (χ3n) is 3.25. The second-order valence-electron chi connectivity index (χ2n) is 4.71. The standard InChI is InChI=1S/C15H21N3O/c1-4-18-15(14(19-3)10-17-18)13(16)9-12-7-5-6-11(2)8-12/h5-8,10,13H,4,9,16H2,1-3H3. The largest absolute Gasteiger partial charge is 0.493 e. The Hall–Kier alpha value is -1.81. The number of hydrogen-bond acceptors (Lipinski definition) is 3. The molecule has 2 aromatic rings. The van der Waals surface area contributed by atoms with E-state index >= 15 is 0 Å². The lowest BCUT2D eigenvalue weighted by molar-refractivity contribution is 0.401. The predicted molar refractivity (Wildman–Crippen MR) is 76.3 cm³/mol. The molecule has 2 rings (SSSR count). The first-order valence-corrected chi connectivity index (χ1v) is 6.56. The molecule has 0 fully saturated rings. The van der Waals surface area contributed by atoms with Crippen LogP contribution in [-0.2, 0) is 13.0 Å². The maximum atomic E-state index is 6.33. The molecule has 1 aromatic carbocycles. The number of ether oxygens (including phenoxy) is 1. The van der Waals surface area contributed by atoms with Crippen molar-refractivity contribution in [2.45, 2.75) is 32.9 Å². The molecule has 0 aliphatic heterocycles. The molecule has 0 amide bonds. The highest BCUT2D eigenvalue weighted by molar-refractivity contribution is 5.31. The average Bonchev–Trinajstić information content (AvgIpc) is 2.81. The van der Waals surface area contributed by atoms with E-state index in [1.54, 1.807) is 13.3 Å². The van der Waals surface area contributed by atoms with Crippen molar-refractivity contribution in [2.75, 3.05) is 7.11 Å². The van der Waals surface area contributed by atoms with Gasteiger partial charge in [-0.15, -0.1) is 0 Å². The molecule has 19 heavy (non-hydrogen) atoms. The number of rotatable bonds is 5. The molecule has 0 bridgehead atoms. The van der Waals surface area contributed by atoms with Crippen LogP contribution >= 0.6 is 0 Å². The molecule has 1 unspecified atom stereocenters. The van der Waals surface area contributed by atoms with Crippen LogP contribution in [-0.4, -0.2) is 16.9 Å². The molecule has 1 atom stereocenters. The zero-order valence-corrected chi connectivity index (χ0v) is 11.8. The molecule has 1 aromatic heterocycles. The van der Waals surface area contributed by atoms with Gasteiger partial charge in [-0.25, -0.2) is 0 Å². The lowest BCUT2D eigenvalue weighted by Crippen LogP contribution is -2.19. The van der Waals surface area contributed by atoms with Crippen LogP contribution in [0.15, 0.2) is 30.5 Å². The molecule has 0 aliphatic carbocycles. The molecular weight excluding hydrogens is 238 g/mol. The molecule has 4 nitrogen and oxygen atoms in total. The molecule has 2 N–H and O–H groups in total. The number of benzene rings is 1. The van der Waals surface area contributed by atoms with Gasteiger partial charge in [0.25, 0.3) is 0 Å². The molecule has 4 heteroatoms. The zero-order chi connectivity index (χ0) is 13.8. The van der Waals surface area contributed by atoms with Gasteiger partial charge in [0.05, 0.1) is 25.0 Å². The highest BCUT2D eigenvalue weighted by Crippen LogP contribution is 2.26. The molecule has 0 spiro atoms. The van der Waals surface area contributed by atoms with Gasteiger partial charge in [0.1, 0.15) is 0 Å². The highest BCUT2D eigenvalue weighted by atomic mass is 16.5. The maximum absolute atomic E-state index is 6.33. The van der Waals surface area contributed by atoms with Crippen molar-refractivity contribution in [3.05, 3.63) is 47.3 Å². The Balaban J connectivity index is 2.24. The fourth-order valence-electron chi connectivity index (χ4n) is 2.35. The Morgan fingerprint density at radius 2 is 2.21 bits per heavy atom. The van der Waals surface area contributed by atoms with Crippen molar-refractivity contribution in [1.29, 1.82) is 0 Å². The van der Waals surface area contributed by atoms with Gasteiger partial charge in [-0.2, -0.15) is 5.10 Å². The van der Waals surface area contributed by atoms with Crippen molar-refractivity contribution in [3.8, 4) is 5.75 Å². The fourth-order valence-corrected chi connectivity index (χ4v) is 2.35. The smallest absolute Gasteiger partial charge is 0.161 e. The lowest BCUT2D eigenvalue weighted by Gasteiger charge is -2.15. The monoisotopic (exact) mass is 259 g/mol. The van der Waals surface area contributed by atoms with E-state index in [9.17, 15) is 0 Å². The Morgan fingerprint density at radius 3 is 2.84 bits per heavy atom. The first-order valence-electron chi connectivity index (χ1n) is 6.56. The summed E-state index contributed by atoms with van der Waals surface area (Å²) in [6, 6.07) is 8.31. The maximum Gasteiger partial charge on any atom is 0.161 e. The Kier molecular flexibility index (Phi) is 4.22. The summed E-state index contributed by atoms with van der Waals surface area (Å²) in [5.74, 6) is 0.766. The number of nitrogens with two attached hydrogens (primary N) is 1. The molecular formula is C15H21N3O. The summed E-state index contributed by atoms with van der Waals surface area (Å²) in [6.07, 6.45) is 2.51. The van der Waals surface area contributed by atoms with Gasteiger partial charge < -0.3 is 10.5 Å². The molecule has 0 saturated carbocycles. The van der Waals surface area contributed by atoms with Gasteiger partial charge in [0.2, 0.25) is 0 Å². The Morgan fingerprint density at radius 1 is 1.42 bits per heavy atom. The Bertz CT molecular complexity index is 527. The van der Waals surface area contributed by atoms with Crippen LogP contribution in [0.3, 0.4) is 0 Å². The van der Waals surface area contributed by atoms with Crippen molar-refractivity contribution >= 4 is 0 Å². The molecule has 0 saturated heterocycles. The number of aryl methyl sites for hydroxylation is 2. The molecule has 102 valence electrons. The molecule has 1 heterocycles. The van der Waals surface area contributed by atoms with Crippen molar-refractivity contribution < 1.29 is 4.74 Å². The van der Waals surface area contributed by atoms with Crippen LogP contribution < -0.4 is 10.5 Å². The summed E-state index contributed by atoms with van der Waals surface area (Å²) in [5, 5.41) is 4.30. The average molecular weight is 259 g/mol. The summed E-state index contributed by atoms with van der Waals surface area (Å²) in [7, 11) is 1.65. The first-order chi connectivity index (χ1) is 9.15. The van der Waals surface area contributed by atoms with E-state index in [0.717, 1.165) is 24.4 Å². The van der Waals surface area contributed by atoms with Crippen LogP contribution in [0.1, 0.15) is 29.8 Å². The van der Waals surface area contributed by atoms with Gasteiger partial charge in [0.15, 0.2) is 5.75 Å². The van der Waals surface area contributed by atoms with E-state index in [1.807, 2.05) is 4.68 Å². The third kappa shape index (κ3) is 2.96. The predicted octanol–water partition coefficient (Wildman–Crippen LogP) is 2.46. The minimum absolute atomic E-state index is 0.112. The van der Waals surface area contributed by atoms with Crippen molar-refractivity contribution in [1.82, 2.24) is 9.78 Å². The van der Waals surface area contributed by atoms with E-state index in [0.29, 0.717) is 0 Å². The number of nitrogens with zero attached hydrogens (tertiary/aromatic N) is 2. The van der Waals surface area contributed by atoms with E-state index in [1.165, 1.54) is 11.1 Å². The first kappa shape index (κ1) is 13.6. The minimum Gasteiger partial charge on any atom is -0.493 e. The van der Waals surface area contributed by atoms with Gasteiger partial charge in [-0.1, -0.05) is 29.8 Å². The normalized spacial score (nSPS) is 12.4. The lowest BCUT2D eigenvalue weighted by atomic mass is 10.0. The van der Waals surface area contributed by atoms with Gasteiger partial charge in [-0.05, 0) is 25.8 Å². The van der Waals surface area contributed by atoms with E-state index < -0.39 is 0 Å². The SMILES string of the molecule is CCn1ncc(OC)c1C(N)Cc1cccc(C)c1. The zero-order valence-electron chi connectivity index (χ0n) is 11.8. The summed E-state index contributed by atoms with van der Waals surface area (Å²) >= 11 is 0. The van der Waals surface area contributed by atoms with Gasteiger partial charge >= 0.3 is 0 Å². The Labute approximate surface area is 114 Å². The number of aromatic nitrogens is 2. The van der Waals surface area contributed by atoms with Crippen LogP contribution in [0.5, 0.6) is 5.75 Å². The van der Waals surface area contributed by atoms with Crippen LogP contribution in [0.2, 0.25) is 0 Å². The highest BCUT2D eigenvalue weighted by Gasteiger charge is 2.18. The van der Waals surface area contributed by atoms with Crippen LogP contribution in [0.4, 0.5) is 0 Å². The quantitative estimate of drug-likeness (QED) is 0.897. The topological polar surface area (TPSA) is 53.1 Å². The second-order valence-corrected chi connectivity index (χ2v) is 4.71. The van der Waals surface area contributed by atoms with Gasteiger partial charge in [-0.3, -0.25) is 4.68 Å². The minimum atomic E-state index is -0.112. The fraction of sp³-hybridized carbons (Fsp3) is 0.400. The van der Waals surface area contributed by atoms with E-state index in [2.05, 4.69) is 43.2 Å². The van der Waals surface area contributed by atoms with Crippen molar-refractivity contribution in [3.63, 3.8) is 0 Å². The second kappa shape index (κ2) is 5.89. The van der Waals surface area contributed by atoms with Crippen LogP contribution in [0.25, 0.3) is 0 Å².